The normalized spacial score (nSPS) is 18.0. The van der Waals surface area contributed by atoms with E-state index in [1.807, 2.05) is 31.2 Å². The first kappa shape index (κ1) is 12.1. The van der Waals surface area contributed by atoms with Crippen molar-refractivity contribution in [1.82, 2.24) is 5.32 Å². The summed E-state index contributed by atoms with van der Waals surface area (Å²) in [7, 11) is 0. The van der Waals surface area contributed by atoms with Gasteiger partial charge in [0, 0.05) is 6.54 Å². The highest BCUT2D eigenvalue weighted by Gasteiger charge is 2.38. The Morgan fingerprint density at radius 2 is 1.88 bits per heavy atom. The fraction of sp³-hybridized carbons (Fsp3) is 0.500. The van der Waals surface area contributed by atoms with Crippen molar-refractivity contribution in [3.05, 3.63) is 35.4 Å². The van der Waals surface area contributed by atoms with Crippen LogP contribution < -0.4 is 5.32 Å². The molecule has 0 saturated heterocycles. The lowest BCUT2D eigenvalue weighted by Gasteiger charge is -2.20. The van der Waals surface area contributed by atoms with E-state index in [0.717, 1.165) is 18.4 Å². The van der Waals surface area contributed by atoms with Crippen molar-refractivity contribution in [3.8, 4) is 0 Å². The van der Waals surface area contributed by atoms with Gasteiger partial charge in [0.2, 0.25) is 0 Å². The molecular formula is C14H19NO2. The highest BCUT2D eigenvalue weighted by molar-refractivity contribution is 5.85. The van der Waals surface area contributed by atoms with Gasteiger partial charge in [-0.3, -0.25) is 4.79 Å². The summed E-state index contributed by atoms with van der Waals surface area (Å²) >= 11 is 0. The van der Waals surface area contributed by atoms with E-state index in [4.69, 9.17) is 0 Å². The molecule has 0 bridgehead atoms. The second kappa shape index (κ2) is 4.88. The molecule has 2 rings (SSSR count). The third kappa shape index (κ3) is 2.86. The molecule has 1 aliphatic rings. The smallest absolute Gasteiger partial charge is 0.252 e. The average Bonchev–Trinajstić information content (AvgIpc) is 2.76. The summed E-state index contributed by atoms with van der Waals surface area (Å²) in [4.78, 5) is 11.8. The standard InChI is InChI=1S/C14H19NO2/c1-11-4-6-12(7-5-11)10-15-13(16)14(17)8-2-3-9-14/h4-7,17H,2-3,8-10H2,1H3,(H,15,16). The highest BCUT2D eigenvalue weighted by atomic mass is 16.3. The van der Waals surface area contributed by atoms with Gasteiger partial charge in [-0.2, -0.15) is 0 Å². The van der Waals surface area contributed by atoms with Crippen LogP contribution in [-0.4, -0.2) is 16.6 Å². The maximum atomic E-state index is 11.8. The van der Waals surface area contributed by atoms with Gasteiger partial charge in [0.15, 0.2) is 0 Å². The Balaban J connectivity index is 1.89. The monoisotopic (exact) mass is 233 g/mol. The molecule has 0 spiro atoms. The zero-order valence-electron chi connectivity index (χ0n) is 10.2. The third-order valence-electron chi connectivity index (χ3n) is 3.43. The Hall–Kier alpha value is -1.35. The summed E-state index contributed by atoms with van der Waals surface area (Å²) in [5.41, 5.74) is 1.14. The van der Waals surface area contributed by atoms with Crippen LogP contribution in [-0.2, 0) is 11.3 Å². The molecule has 0 aromatic heterocycles. The van der Waals surface area contributed by atoms with Crippen molar-refractivity contribution >= 4 is 5.91 Å². The maximum absolute atomic E-state index is 11.8. The van der Waals surface area contributed by atoms with Crippen LogP contribution in [0.4, 0.5) is 0 Å². The Kier molecular flexibility index (Phi) is 3.48. The lowest BCUT2D eigenvalue weighted by atomic mass is 10.0. The number of benzene rings is 1. The molecule has 0 unspecified atom stereocenters. The first-order valence-corrected chi connectivity index (χ1v) is 6.16. The topological polar surface area (TPSA) is 49.3 Å². The van der Waals surface area contributed by atoms with Crippen LogP contribution in [0.2, 0.25) is 0 Å². The summed E-state index contributed by atoms with van der Waals surface area (Å²) in [6.45, 7) is 2.52. The lowest BCUT2D eigenvalue weighted by Crippen LogP contribution is -2.44. The predicted octanol–water partition coefficient (Wildman–Crippen LogP) is 1.92. The van der Waals surface area contributed by atoms with Gasteiger partial charge in [0.25, 0.3) is 5.91 Å². The molecule has 92 valence electrons. The Bertz CT molecular complexity index is 391. The summed E-state index contributed by atoms with van der Waals surface area (Å²) in [6.07, 6.45) is 3.06. The Morgan fingerprint density at radius 3 is 2.47 bits per heavy atom. The number of hydrogen-bond acceptors (Lipinski definition) is 2. The molecule has 1 amide bonds. The van der Waals surface area contributed by atoms with E-state index < -0.39 is 5.60 Å². The van der Waals surface area contributed by atoms with Crippen LogP contribution in [0.3, 0.4) is 0 Å². The predicted molar refractivity (Wildman–Crippen MR) is 66.4 cm³/mol. The first-order chi connectivity index (χ1) is 8.10. The van der Waals surface area contributed by atoms with E-state index in [1.165, 1.54) is 5.56 Å². The molecule has 0 heterocycles. The fourth-order valence-electron chi connectivity index (χ4n) is 2.24. The van der Waals surface area contributed by atoms with Crippen molar-refractivity contribution in [3.63, 3.8) is 0 Å². The molecule has 17 heavy (non-hydrogen) atoms. The zero-order valence-corrected chi connectivity index (χ0v) is 10.2. The minimum Gasteiger partial charge on any atom is -0.380 e. The number of aliphatic hydroxyl groups is 1. The number of aryl methyl sites for hydroxylation is 1. The van der Waals surface area contributed by atoms with E-state index in [2.05, 4.69) is 5.32 Å². The first-order valence-electron chi connectivity index (χ1n) is 6.16. The number of carbonyl (C=O) groups is 1. The molecule has 1 aliphatic carbocycles. The molecule has 1 fully saturated rings. The van der Waals surface area contributed by atoms with E-state index in [1.54, 1.807) is 0 Å². The lowest BCUT2D eigenvalue weighted by molar-refractivity contribution is -0.139. The molecule has 3 heteroatoms. The quantitative estimate of drug-likeness (QED) is 0.838. The molecule has 0 aliphatic heterocycles. The molecular weight excluding hydrogens is 214 g/mol. The minimum absolute atomic E-state index is 0.226. The van der Waals surface area contributed by atoms with Crippen LogP contribution in [0.15, 0.2) is 24.3 Å². The van der Waals surface area contributed by atoms with Crippen LogP contribution in [0.25, 0.3) is 0 Å². The number of nitrogens with one attached hydrogen (secondary N) is 1. The van der Waals surface area contributed by atoms with Crippen molar-refractivity contribution in [2.45, 2.75) is 44.8 Å². The molecule has 2 N–H and O–H groups in total. The SMILES string of the molecule is Cc1ccc(CNC(=O)C2(O)CCCC2)cc1. The Labute approximate surface area is 102 Å². The number of amides is 1. The van der Waals surface area contributed by atoms with Crippen LogP contribution in [0.1, 0.15) is 36.8 Å². The van der Waals surface area contributed by atoms with E-state index in [-0.39, 0.29) is 5.91 Å². The minimum atomic E-state index is -1.12. The molecule has 0 radical (unpaired) electrons. The molecule has 0 atom stereocenters. The van der Waals surface area contributed by atoms with E-state index in [9.17, 15) is 9.90 Å². The van der Waals surface area contributed by atoms with Crippen LogP contribution in [0, 0.1) is 6.92 Å². The largest absolute Gasteiger partial charge is 0.380 e. The van der Waals surface area contributed by atoms with Gasteiger partial charge in [-0.1, -0.05) is 29.8 Å². The van der Waals surface area contributed by atoms with Gasteiger partial charge in [-0.15, -0.1) is 0 Å². The molecule has 1 saturated carbocycles. The van der Waals surface area contributed by atoms with E-state index >= 15 is 0 Å². The van der Waals surface area contributed by atoms with Crippen LogP contribution in [0.5, 0.6) is 0 Å². The maximum Gasteiger partial charge on any atom is 0.252 e. The van der Waals surface area contributed by atoms with Gasteiger partial charge in [-0.25, -0.2) is 0 Å². The number of carbonyl (C=O) groups excluding carboxylic acids is 1. The average molecular weight is 233 g/mol. The zero-order chi connectivity index (χ0) is 12.3. The molecule has 3 nitrogen and oxygen atoms in total. The summed E-state index contributed by atoms with van der Waals surface area (Å²) in [5, 5.41) is 12.9. The Morgan fingerprint density at radius 1 is 1.29 bits per heavy atom. The fourth-order valence-corrected chi connectivity index (χ4v) is 2.24. The van der Waals surface area contributed by atoms with Crippen molar-refractivity contribution in [2.24, 2.45) is 0 Å². The number of rotatable bonds is 3. The second-order valence-electron chi connectivity index (χ2n) is 4.91. The summed E-state index contributed by atoms with van der Waals surface area (Å²) < 4.78 is 0. The van der Waals surface area contributed by atoms with Gasteiger partial charge in [0.05, 0.1) is 0 Å². The molecule has 1 aromatic carbocycles. The summed E-state index contributed by atoms with van der Waals surface area (Å²) in [5.74, 6) is -0.226. The third-order valence-corrected chi connectivity index (χ3v) is 3.43. The van der Waals surface area contributed by atoms with Gasteiger partial charge in [-0.05, 0) is 38.2 Å². The van der Waals surface area contributed by atoms with Gasteiger partial charge < -0.3 is 10.4 Å². The second-order valence-corrected chi connectivity index (χ2v) is 4.91. The van der Waals surface area contributed by atoms with Crippen molar-refractivity contribution in [2.75, 3.05) is 0 Å². The van der Waals surface area contributed by atoms with Crippen molar-refractivity contribution < 1.29 is 9.90 Å². The van der Waals surface area contributed by atoms with Crippen LogP contribution >= 0.6 is 0 Å². The van der Waals surface area contributed by atoms with Crippen molar-refractivity contribution in [1.29, 1.82) is 0 Å². The number of hydrogen-bond donors (Lipinski definition) is 2. The van der Waals surface area contributed by atoms with Gasteiger partial charge in [0.1, 0.15) is 5.60 Å². The van der Waals surface area contributed by atoms with Gasteiger partial charge >= 0.3 is 0 Å². The highest BCUT2D eigenvalue weighted by Crippen LogP contribution is 2.29. The summed E-state index contributed by atoms with van der Waals surface area (Å²) in [6, 6.07) is 8.03. The molecule has 1 aromatic rings. The van der Waals surface area contributed by atoms with E-state index in [0.29, 0.717) is 19.4 Å².